The van der Waals surface area contributed by atoms with Gasteiger partial charge in [-0.25, -0.2) is 9.13 Å². The second kappa shape index (κ2) is 12.4. The summed E-state index contributed by atoms with van der Waals surface area (Å²) < 4.78 is 4.19. The standard InChI is InChI=1S/C26H35Cl2N2/c1-2-3-4-5-6-7-8-9-12-19-29-21-30(26(28)25(29)27)20-18-23-16-13-15-22-14-10-11-17-24(22)23/h10-11,13-17,21H,2-9,12,18-20H2,1H3/q+1. The Morgan fingerprint density at radius 1 is 0.800 bits per heavy atom. The Kier molecular flexibility index (Phi) is 9.55. The van der Waals surface area contributed by atoms with Crippen LogP contribution < -0.4 is 4.57 Å². The summed E-state index contributed by atoms with van der Waals surface area (Å²) in [5, 5.41) is 3.91. The maximum Gasteiger partial charge on any atom is 0.255 e. The number of benzene rings is 2. The van der Waals surface area contributed by atoms with Gasteiger partial charge in [0, 0.05) is 6.42 Å². The summed E-state index contributed by atoms with van der Waals surface area (Å²) in [6.45, 7) is 4.04. The number of unbranched alkanes of at least 4 members (excludes halogenated alkanes) is 8. The molecular formula is C26H35Cl2N2+. The molecule has 0 fully saturated rings. The van der Waals surface area contributed by atoms with Gasteiger partial charge in [-0.3, -0.25) is 0 Å². The quantitative estimate of drug-likeness (QED) is 0.186. The lowest BCUT2D eigenvalue weighted by molar-refractivity contribution is -0.694. The predicted octanol–water partition coefficient (Wildman–Crippen LogP) is 8.01. The van der Waals surface area contributed by atoms with Crippen molar-refractivity contribution in [2.24, 2.45) is 0 Å². The molecule has 3 aromatic rings. The van der Waals surface area contributed by atoms with E-state index in [1.165, 1.54) is 67.7 Å². The number of nitrogens with zero attached hydrogens (tertiary/aromatic N) is 2. The molecule has 0 amide bonds. The summed E-state index contributed by atoms with van der Waals surface area (Å²) in [5.74, 6) is 0. The topological polar surface area (TPSA) is 8.81 Å². The van der Waals surface area contributed by atoms with Crippen molar-refractivity contribution in [3.8, 4) is 0 Å². The summed E-state index contributed by atoms with van der Waals surface area (Å²) in [5.41, 5.74) is 1.35. The molecule has 0 aliphatic carbocycles. The Morgan fingerprint density at radius 2 is 1.47 bits per heavy atom. The van der Waals surface area contributed by atoms with Crippen LogP contribution >= 0.6 is 23.2 Å². The molecular weight excluding hydrogens is 411 g/mol. The first kappa shape index (κ1) is 23.2. The van der Waals surface area contributed by atoms with E-state index in [4.69, 9.17) is 23.2 Å². The van der Waals surface area contributed by atoms with Crippen LogP contribution in [-0.2, 0) is 19.5 Å². The molecule has 1 heterocycles. The van der Waals surface area contributed by atoms with Crippen LogP contribution in [0.3, 0.4) is 0 Å². The summed E-state index contributed by atoms with van der Waals surface area (Å²) >= 11 is 13.0. The first-order chi connectivity index (χ1) is 14.7. The number of hydrogen-bond acceptors (Lipinski definition) is 0. The van der Waals surface area contributed by atoms with E-state index < -0.39 is 0 Å². The zero-order valence-corrected chi connectivity index (χ0v) is 19.8. The van der Waals surface area contributed by atoms with Crippen LogP contribution in [0, 0.1) is 0 Å². The van der Waals surface area contributed by atoms with Gasteiger partial charge in [-0.1, -0.05) is 94.3 Å². The molecule has 0 saturated heterocycles. The van der Waals surface area contributed by atoms with E-state index in [9.17, 15) is 0 Å². The van der Waals surface area contributed by atoms with E-state index in [1.807, 2.05) is 0 Å². The van der Waals surface area contributed by atoms with Crippen LogP contribution in [0.2, 0.25) is 10.3 Å². The lowest BCUT2D eigenvalue weighted by Crippen LogP contribution is -2.32. The average molecular weight is 446 g/mol. The molecule has 0 saturated carbocycles. The fourth-order valence-electron chi connectivity index (χ4n) is 4.16. The Balaban J connectivity index is 1.47. The second-order valence-corrected chi connectivity index (χ2v) is 9.02. The second-order valence-electron chi connectivity index (χ2n) is 8.30. The third kappa shape index (κ3) is 6.49. The lowest BCUT2D eigenvalue weighted by Gasteiger charge is -2.05. The Labute approximate surface area is 191 Å². The van der Waals surface area contributed by atoms with Crippen LogP contribution in [0.15, 0.2) is 48.8 Å². The van der Waals surface area contributed by atoms with Crippen molar-refractivity contribution in [3.05, 3.63) is 64.7 Å². The highest BCUT2D eigenvalue weighted by Gasteiger charge is 2.19. The zero-order chi connectivity index (χ0) is 21.2. The third-order valence-corrected chi connectivity index (χ3v) is 6.85. The highest BCUT2D eigenvalue weighted by atomic mass is 35.5. The molecule has 2 nitrogen and oxygen atoms in total. The molecule has 4 heteroatoms. The Bertz CT molecular complexity index is 911. The Morgan fingerprint density at radius 3 is 2.23 bits per heavy atom. The largest absolute Gasteiger partial charge is 0.255 e. The van der Waals surface area contributed by atoms with Crippen molar-refractivity contribution < 1.29 is 4.57 Å². The van der Waals surface area contributed by atoms with Gasteiger partial charge < -0.3 is 0 Å². The number of rotatable bonds is 13. The highest BCUT2D eigenvalue weighted by molar-refractivity contribution is 6.39. The monoisotopic (exact) mass is 445 g/mol. The van der Waals surface area contributed by atoms with Gasteiger partial charge in [0.25, 0.3) is 10.3 Å². The van der Waals surface area contributed by atoms with Crippen molar-refractivity contribution in [1.29, 1.82) is 0 Å². The number of imidazole rings is 1. The fourth-order valence-corrected chi connectivity index (χ4v) is 4.64. The maximum atomic E-state index is 6.53. The minimum atomic E-state index is 0.646. The van der Waals surface area contributed by atoms with Gasteiger partial charge in [-0.15, -0.1) is 0 Å². The third-order valence-electron chi connectivity index (χ3n) is 5.96. The fraction of sp³-hybridized carbons (Fsp3) is 0.500. The minimum absolute atomic E-state index is 0.646. The Hall–Kier alpha value is -1.51. The summed E-state index contributed by atoms with van der Waals surface area (Å²) in [4.78, 5) is 0. The summed E-state index contributed by atoms with van der Waals surface area (Å²) in [6, 6.07) is 15.0. The SMILES string of the molecule is CCCCCCCCCCC[n+]1cn(CCc2cccc3ccccc23)c(Cl)c1Cl. The van der Waals surface area contributed by atoms with E-state index in [-0.39, 0.29) is 0 Å². The van der Waals surface area contributed by atoms with E-state index >= 15 is 0 Å². The minimum Gasteiger partial charge on any atom is -0.219 e. The number of aryl methyl sites for hydroxylation is 3. The van der Waals surface area contributed by atoms with Crippen LogP contribution in [0.1, 0.15) is 70.3 Å². The molecule has 0 bridgehead atoms. The summed E-state index contributed by atoms with van der Waals surface area (Å²) in [7, 11) is 0. The molecule has 162 valence electrons. The molecule has 30 heavy (non-hydrogen) atoms. The van der Waals surface area contributed by atoms with Gasteiger partial charge in [-0.05, 0) is 52.4 Å². The number of hydrogen-bond donors (Lipinski definition) is 0. The normalized spacial score (nSPS) is 11.4. The van der Waals surface area contributed by atoms with Crippen LogP contribution in [0.4, 0.5) is 0 Å². The molecule has 0 radical (unpaired) electrons. The van der Waals surface area contributed by atoms with Crippen LogP contribution in [0.25, 0.3) is 10.8 Å². The molecule has 0 spiro atoms. The molecule has 0 N–H and O–H groups in total. The van der Waals surface area contributed by atoms with Gasteiger partial charge in [0.1, 0.15) is 0 Å². The number of fused-ring (bicyclic) bond motifs is 1. The van der Waals surface area contributed by atoms with Gasteiger partial charge in [0.2, 0.25) is 6.33 Å². The van der Waals surface area contributed by atoms with Gasteiger partial charge in [-0.2, -0.15) is 0 Å². The molecule has 0 aliphatic rings. The van der Waals surface area contributed by atoms with E-state index in [2.05, 4.69) is 64.8 Å². The average Bonchev–Trinajstić information content (AvgIpc) is 3.04. The molecule has 0 aliphatic heterocycles. The first-order valence-corrected chi connectivity index (χ1v) is 12.4. The van der Waals surface area contributed by atoms with E-state index in [0.29, 0.717) is 10.3 Å². The van der Waals surface area contributed by atoms with Crippen molar-refractivity contribution in [3.63, 3.8) is 0 Å². The van der Waals surface area contributed by atoms with Crippen molar-refractivity contribution >= 4 is 34.0 Å². The number of aromatic nitrogens is 2. The molecule has 3 rings (SSSR count). The molecule has 2 aromatic carbocycles. The van der Waals surface area contributed by atoms with Gasteiger partial charge in [0.15, 0.2) is 0 Å². The zero-order valence-electron chi connectivity index (χ0n) is 18.3. The molecule has 0 atom stereocenters. The molecule has 0 unspecified atom stereocenters. The lowest BCUT2D eigenvalue weighted by atomic mass is 10.0. The first-order valence-electron chi connectivity index (χ1n) is 11.6. The predicted molar refractivity (Wildman–Crippen MR) is 130 cm³/mol. The maximum absolute atomic E-state index is 6.53. The van der Waals surface area contributed by atoms with Crippen molar-refractivity contribution in [1.82, 2.24) is 4.57 Å². The van der Waals surface area contributed by atoms with Crippen molar-refractivity contribution in [2.45, 2.75) is 84.2 Å². The van der Waals surface area contributed by atoms with Crippen LogP contribution in [0.5, 0.6) is 0 Å². The van der Waals surface area contributed by atoms with E-state index in [1.54, 1.807) is 0 Å². The van der Waals surface area contributed by atoms with Gasteiger partial charge in [0.05, 0.1) is 13.1 Å². The van der Waals surface area contributed by atoms with Crippen LogP contribution in [-0.4, -0.2) is 4.57 Å². The van der Waals surface area contributed by atoms with Crippen molar-refractivity contribution in [2.75, 3.05) is 0 Å². The summed E-state index contributed by atoms with van der Waals surface area (Å²) in [6.07, 6.45) is 15.0. The highest BCUT2D eigenvalue weighted by Crippen LogP contribution is 2.22. The number of halogens is 2. The van der Waals surface area contributed by atoms with E-state index in [0.717, 1.165) is 25.9 Å². The molecule has 1 aromatic heterocycles. The smallest absolute Gasteiger partial charge is 0.219 e. The van der Waals surface area contributed by atoms with Gasteiger partial charge >= 0.3 is 0 Å².